The topological polar surface area (TPSA) is 64.3 Å². The van der Waals surface area contributed by atoms with Crippen molar-refractivity contribution in [1.29, 1.82) is 5.26 Å². The molecule has 5 heteroatoms. The van der Waals surface area contributed by atoms with E-state index < -0.39 is 5.97 Å². The third kappa shape index (κ3) is 4.62. The first-order valence-electron chi connectivity index (χ1n) is 8.64. The lowest BCUT2D eigenvalue weighted by atomic mass is 10.1. The molecule has 0 amide bonds. The number of rotatable bonds is 5. The van der Waals surface area contributed by atoms with Crippen LogP contribution in [-0.4, -0.2) is 24.2 Å². The summed E-state index contributed by atoms with van der Waals surface area (Å²) in [6, 6.07) is 14.0. The molecule has 1 fully saturated rings. The molecule has 132 valence electrons. The highest BCUT2D eigenvalue weighted by Crippen LogP contribution is 2.23. The van der Waals surface area contributed by atoms with Crippen LogP contribution in [0.1, 0.15) is 34.6 Å². The van der Waals surface area contributed by atoms with E-state index in [1.54, 1.807) is 6.07 Å². The maximum atomic E-state index is 10.9. The van der Waals surface area contributed by atoms with Crippen LogP contribution in [0, 0.1) is 11.3 Å². The second-order valence-electron chi connectivity index (χ2n) is 6.19. The van der Waals surface area contributed by atoms with Crippen molar-refractivity contribution in [3.05, 3.63) is 57.3 Å². The van der Waals surface area contributed by atoms with E-state index in [4.69, 9.17) is 10.4 Å². The molecule has 1 aliphatic rings. The van der Waals surface area contributed by atoms with E-state index in [2.05, 4.69) is 29.2 Å². The zero-order chi connectivity index (χ0) is 18.4. The van der Waals surface area contributed by atoms with Gasteiger partial charge in [-0.1, -0.05) is 18.2 Å². The first-order valence-corrected chi connectivity index (χ1v) is 9.45. The number of hydrogen-bond donors (Lipinski definition) is 1. The number of carboxylic acids is 1. The molecule has 4 nitrogen and oxygen atoms in total. The Bertz CT molecular complexity index is 866. The molecular formula is C21H20N2O2S. The molecule has 1 N–H and O–H groups in total. The predicted molar refractivity (Wildman–Crippen MR) is 107 cm³/mol. The van der Waals surface area contributed by atoms with Gasteiger partial charge in [-0.2, -0.15) is 5.26 Å². The Balaban J connectivity index is 1.67. The average Bonchev–Trinajstić information content (AvgIpc) is 3.13. The monoisotopic (exact) mass is 364 g/mol. The summed E-state index contributed by atoms with van der Waals surface area (Å²) in [5, 5.41) is 17.7. The Morgan fingerprint density at radius 2 is 1.73 bits per heavy atom. The van der Waals surface area contributed by atoms with E-state index in [0.717, 1.165) is 28.4 Å². The standard InChI is InChI=1S/C21H20N2O2S/c22-15-17(21(24)25)14-20-11-10-19(26-20)9-6-16-4-7-18(8-5-16)23-12-2-1-3-13-23/h4-11,14H,1-3,12-13H2,(H,24,25)/b9-6+,17-14+. The fraction of sp³-hybridized carbons (Fsp3) is 0.238. The van der Waals surface area contributed by atoms with Crippen molar-refractivity contribution in [2.24, 2.45) is 0 Å². The van der Waals surface area contributed by atoms with Crippen molar-refractivity contribution in [2.75, 3.05) is 18.0 Å². The van der Waals surface area contributed by atoms with E-state index in [1.807, 2.05) is 24.3 Å². The van der Waals surface area contributed by atoms with Crippen molar-refractivity contribution in [2.45, 2.75) is 19.3 Å². The first-order chi connectivity index (χ1) is 12.7. The van der Waals surface area contributed by atoms with Crippen LogP contribution in [0.3, 0.4) is 0 Å². The number of nitriles is 1. The van der Waals surface area contributed by atoms with E-state index >= 15 is 0 Å². The minimum absolute atomic E-state index is 0.254. The van der Waals surface area contributed by atoms with Crippen molar-refractivity contribution in [1.82, 2.24) is 0 Å². The number of anilines is 1. The highest BCUT2D eigenvalue weighted by molar-refractivity contribution is 7.13. The van der Waals surface area contributed by atoms with Gasteiger partial charge >= 0.3 is 5.97 Å². The fourth-order valence-electron chi connectivity index (χ4n) is 2.95. The normalized spacial score (nSPS) is 15.2. The highest BCUT2D eigenvalue weighted by atomic mass is 32.1. The van der Waals surface area contributed by atoms with Crippen LogP contribution in [-0.2, 0) is 4.79 Å². The molecule has 2 aromatic rings. The molecule has 0 atom stereocenters. The lowest BCUT2D eigenvalue weighted by Gasteiger charge is -2.28. The predicted octanol–water partition coefficient (Wildman–Crippen LogP) is 4.90. The summed E-state index contributed by atoms with van der Waals surface area (Å²) in [7, 11) is 0. The molecular weight excluding hydrogens is 344 g/mol. The first kappa shape index (κ1) is 18.0. The third-order valence-corrected chi connectivity index (χ3v) is 5.34. The quantitative estimate of drug-likeness (QED) is 0.605. The molecule has 3 rings (SSSR count). The summed E-state index contributed by atoms with van der Waals surface area (Å²) in [5.74, 6) is -1.20. The van der Waals surface area contributed by atoms with Gasteiger partial charge in [-0.3, -0.25) is 0 Å². The molecule has 0 unspecified atom stereocenters. The Labute approximate surface area is 157 Å². The lowest BCUT2D eigenvalue weighted by molar-refractivity contribution is -0.132. The molecule has 1 aromatic heterocycles. The van der Waals surface area contributed by atoms with Gasteiger partial charge in [0.25, 0.3) is 0 Å². The summed E-state index contributed by atoms with van der Waals surface area (Å²) in [6.45, 7) is 2.28. The van der Waals surface area contributed by atoms with Crippen molar-refractivity contribution in [3.63, 3.8) is 0 Å². The SMILES string of the molecule is N#C/C(=C\c1ccc(/C=C/c2ccc(N3CCCCC3)cc2)s1)C(=O)O. The van der Waals surface area contributed by atoms with E-state index in [-0.39, 0.29) is 5.57 Å². The van der Waals surface area contributed by atoms with Gasteiger partial charge in [0, 0.05) is 28.5 Å². The van der Waals surface area contributed by atoms with Crippen LogP contribution >= 0.6 is 11.3 Å². The number of carboxylic acid groups (broad SMARTS) is 1. The van der Waals surface area contributed by atoms with Gasteiger partial charge in [0.2, 0.25) is 0 Å². The highest BCUT2D eigenvalue weighted by Gasteiger charge is 2.10. The van der Waals surface area contributed by atoms with Crippen LogP contribution in [0.2, 0.25) is 0 Å². The number of aliphatic carboxylic acids is 1. The number of carbonyl (C=O) groups is 1. The molecule has 0 spiro atoms. The largest absolute Gasteiger partial charge is 0.477 e. The average molecular weight is 364 g/mol. The van der Waals surface area contributed by atoms with Gasteiger partial charge in [-0.25, -0.2) is 4.79 Å². The summed E-state index contributed by atoms with van der Waals surface area (Å²) in [4.78, 5) is 15.1. The summed E-state index contributed by atoms with van der Waals surface area (Å²) in [6.07, 6.45) is 9.32. The van der Waals surface area contributed by atoms with Gasteiger partial charge in [0.05, 0.1) is 0 Å². The van der Waals surface area contributed by atoms with Gasteiger partial charge < -0.3 is 10.0 Å². The molecule has 0 bridgehead atoms. The molecule has 0 radical (unpaired) electrons. The number of hydrogen-bond acceptors (Lipinski definition) is 4. The minimum atomic E-state index is -1.20. The Kier molecular flexibility index (Phi) is 5.88. The summed E-state index contributed by atoms with van der Waals surface area (Å²) >= 11 is 1.45. The van der Waals surface area contributed by atoms with Crippen LogP contribution in [0.25, 0.3) is 18.2 Å². The number of thiophene rings is 1. The summed E-state index contributed by atoms with van der Waals surface area (Å²) in [5.41, 5.74) is 2.15. The Morgan fingerprint density at radius 3 is 2.38 bits per heavy atom. The second-order valence-corrected chi connectivity index (χ2v) is 7.33. The number of nitrogens with zero attached hydrogens (tertiary/aromatic N) is 2. The van der Waals surface area contributed by atoms with Gasteiger partial charge in [0.1, 0.15) is 11.6 Å². The fourth-order valence-corrected chi connectivity index (χ4v) is 3.80. The molecule has 1 saturated heterocycles. The maximum absolute atomic E-state index is 10.9. The number of piperidine rings is 1. The molecule has 1 aromatic carbocycles. The zero-order valence-corrected chi connectivity index (χ0v) is 15.2. The van der Waals surface area contributed by atoms with Crippen molar-refractivity contribution in [3.8, 4) is 6.07 Å². The van der Waals surface area contributed by atoms with E-state index in [1.165, 1.54) is 42.4 Å². The van der Waals surface area contributed by atoms with Crippen LogP contribution in [0.5, 0.6) is 0 Å². The lowest BCUT2D eigenvalue weighted by Crippen LogP contribution is -2.29. The van der Waals surface area contributed by atoms with E-state index in [9.17, 15) is 4.79 Å². The Hall–Kier alpha value is -2.84. The zero-order valence-electron chi connectivity index (χ0n) is 14.4. The van der Waals surface area contributed by atoms with E-state index in [0.29, 0.717) is 0 Å². The van der Waals surface area contributed by atoms with Gasteiger partial charge in [0.15, 0.2) is 0 Å². The van der Waals surface area contributed by atoms with Crippen LogP contribution in [0.15, 0.2) is 42.0 Å². The maximum Gasteiger partial charge on any atom is 0.346 e. The smallest absolute Gasteiger partial charge is 0.346 e. The summed E-state index contributed by atoms with van der Waals surface area (Å²) < 4.78 is 0. The van der Waals surface area contributed by atoms with Gasteiger partial charge in [-0.15, -0.1) is 11.3 Å². The number of benzene rings is 1. The molecule has 0 aliphatic carbocycles. The second kappa shape index (κ2) is 8.50. The molecule has 0 saturated carbocycles. The van der Waals surface area contributed by atoms with Gasteiger partial charge in [-0.05, 0) is 61.2 Å². The van der Waals surface area contributed by atoms with Crippen molar-refractivity contribution < 1.29 is 9.90 Å². The van der Waals surface area contributed by atoms with Crippen LogP contribution in [0.4, 0.5) is 5.69 Å². The molecule has 1 aliphatic heterocycles. The minimum Gasteiger partial charge on any atom is -0.477 e. The Morgan fingerprint density at radius 1 is 1.04 bits per heavy atom. The van der Waals surface area contributed by atoms with Crippen LogP contribution < -0.4 is 4.90 Å². The molecule has 2 heterocycles. The third-order valence-electron chi connectivity index (χ3n) is 4.34. The van der Waals surface area contributed by atoms with Crippen molar-refractivity contribution >= 4 is 41.2 Å². The molecule has 26 heavy (non-hydrogen) atoms.